The number of nitrogens with zero attached hydrogens (tertiary/aromatic N) is 1. The highest BCUT2D eigenvalue weighted by Gasteiger charge is 2.23. The lowest BCUT2D eigenvalue weighted by Crippen LogP contribution is -2.35. The monoisotopic (exact) mass is 375 g/mol. The molecule has 1 atom stereocenters. The van der Waals surface area contributed by atoms with Crippen molar-refractivity contribution in [1.82, 2.24) is 10.3 Å². The Labute approximate surface area is 147 Å². The van der Waals surface area contributed by atoms with Gasteiger partial charge in [-0.2, -0.15) is 8.78 Å². The van der Waals surface area contributed by atoms with Crippen molar-refractivity contribution in [3.63, 3.8) is 0 Å². The van der Waals surface area contributed by atoms with Gasteiger partial charge >= 0.3 is 6.61 Å². The number of ether oxygens (including phenoxy) is 1. The van der Waals surface area contributed by atoms with Gasteiger partial charge in [-0.3, -0.25) is 4.79 Å². The Hall–Kier alpha value is -1.77. The molecule has 0 saturated carbocycles. The van der Waals surface area contributed by atoms with Crippen molar-refractivity contribution in [1.29, 1.82) is 0 Å². The number of alkyl halides is 2. The third-order valence-corrected chi connectivity index (χ3v) is 4.25. The van der Waals surface area contributed by atoms with Crippen LogP contribution in [0, 0.1) is 0 Å². The lowest BCUT2D eigenvalue weighted by atomic mass is 10.1. The maximum atomic E-state index is 12.5. The quantitative estimate of drug-likeness (QED) is 0.839. The molecule has 2 heterocycles. The number of hydrogen-bond donors (Lipinski definition) is 2. The maximum Gasteiger partial charge on any atom is 0.387 e. The number of thiazole rings is 1. The van der Waals surface area contributed by atoms with Crippen LogP contribution in [0.25, 0.3) is 11.3 Å². The van der Waals surface area contributed by atoms with Gasteiger partial charge in [0.05, 0.1) is 11.7 Å². The van der Waals surface area contributed by atoms with Crippen molar-refractivity contribution in [3.05, 3.63) is 29.6 Å². The zero-order valence-electron chi connectivity index (χ0n) is 12.5. The first-order valence-corrected chi connectivity index (χ1v) is 8.05. The fourth-order valence-corrected chi connectivity index (χ4v) is 3.15. The first-order chi connectivity index (χ1) is 11.1. The summed E-state index contributed by atoms with van der Waals surface area (Å²) in [7, 11) is 0. The standard InChI is InChI=1S/C15H15F2N3O2S.ClH/c16-14(17)22-12-6-2-1-4-9(12)11-8-23-15(19-11)20-13(21)10-5-3-7-18-10;/h1-2,4,6,8,10,14,18H,3,5,7H2,(H,19,20,21);1H. The Morgan fingerprint density at radius 2 is 2.21 bits per heavy atom. The average molecular weight is 376 g/mol. The Morgan fingerprint density at radius 1 is 1.42 bits per heavy atom. The van der Waals surface area contributed by atoms with Crippen LogP contribution in [0.5, 0.6) is 5.75 Å². The normalized spacial score (nSPS) is 16.7. The van der Waals surface area contributed by atoms with Gasteiger partial charge < -0.3 is 15.4 Å². The molecule has 1 amide bonds. The van der Waals surface area contributed by atoms with Crippen molar-refractivity contribution in [2.45, 2.75) is 25.5 Å². The number of carbonyl (C=O) groups excluding carboxylic acids is 1. The Morgan fingerprint density at radius 3 is 2.92 bits per heavy atom. The molecule has 9 heteroatoms. The van der Waals surface area contributed by atoms with Crippen LogP contribution in [0.2, 0.25) is 0 Å². The molecule has 130 valence electrons. The van der Waals surface area contributed by atoms with Crippen LogP contribution in [0.15, 0.2) is 29.6 Å². The Kier molecular flexibility index (Phi) is 6.47. The first kappa shape index (κ1) is 18.6. The number of amides is 1. The number of nitrogens with one attached hydrogen (secondary N) is 2. The summed E-state index contributed by atoms with van der Waals surface area (Å²) in [6.45, 7) is -2.07. The van der Waals surface area contributed by atoms with Gasteiger partial charge in [0.1, 0.15) is 5.75 Å². The smallest absolute Gasteiger partial charge is 0.387 e. The van der Waals surface area contributed by atoms with Crippen LogP contribution >= 0.6 is 23.7 Å². The van der Waals surface area contributed by atoms with E-state index in [2.05, 4.69) is 20.4 Å². The zero-order chi connectivity index (χ0) is 16.2. The molecule has 0 spiro atoms. The van der Waals surface area contributed by atoms with Gasteiger partial charge in [-0.15, -0.1) is 23.7 Å². The van der Waals surface area contributed by atoms with Gasteiger partial charge in [0.2, 0.25) is 5.91 Å². The van der Waals surface area contributed by atoms with Crippen molar-refractivity contribution in [2.75, 3.05) is 11.9 Å². The highest BCUT2D eigenvalue weighted by Crippen LogP contribution is 2.33. The molecule has 0 bridgehead atoms. The van der Waals surface area contributed by atoms with Gasteiger partial charge in [-0.25, -0.2) is 4.98 Å². The van der Waals surface area contributed by atoms with Crippen LogP contribution in [0.3, 0.4) is 0 Å². The molecule has 24 heavy (non-hydrogen) atoms. The van der Waals surface area contributed by atoms with Crippen LogP contribution in [-0.2, 0) is 4.79 Å². The minimum absolute atomic E-state index is 0. The van der Waals surface area contributed by atoms with E-state index in [1.54, 1.807) is 23.6 Å². The molecule has 1 aromatic heterocycles. The van der Waals surface area contributed by atoms with Crippen molar-refractivity contribution < 1.29 is 18.3 Å². The molecule has 1 aromatic carbocycles. The molecular formula is C15H16ClF2N3O2S. The van der Waals surface area contributed by atoms with Crippen LogP contribution in [0.4, 0.5) is 13.9 Å². The van der Waals surface area contributed by atoms with E-state index in [9.17, 15) is 13.6 Å². The lowest BCUT2D eigenvalue weighted by molar-refractivity contribution is -0.117. The first-order valence-electron chi connectivity index (χ1n) is 7.17. The molecule has 1 aliphatic heterocycles. The molecule has 0 radical (unpaired) electrons. The summed E-state index contributed by atoms with van der Waals surface area (Å²) in [6.07, 6.45) is 1.77. The van der Waals surface area contributed by atoms with E-state index < -0.39 is 6.61 Å². The fraction of sp³-hybridized carbons (Fsp3) is 0.333. The van der Waals surface area contributed by atoms with E-state index in [0.717, 1.165) is 19.4 Å². The van der Waals surface area contributed by atoms with Crippen molar-refractivity contribution >= 4 is 34.8 Å². The summed E-state index contributed by atoms with van der Waals surface area (Å²) in [4.78, 5) is 16.3. The number of rotatable bonds is 5. The molecule has 2 N–H and O–H groups in total. The molecule has 5 nitrogen and oxygen atoms in total. The van der Waals surface area contributed by atoms with Gasteiger partial charge in [0.25, 0.3) is 0 Å². The Bertz CT molecular complexity index is 693. The summed E-state index contributed by atoms with van der Waals surface area (Å²) in [5.74, 6) is -0.0661. The predicted octanol–water partition coefficient (Wildman–Crippen LogP) is 3.52. The topological polar surface area (TPSA) is 63.2 Å². The highest BCUT2D eigenvalue weighted by molar-refractivity contribution is 7.14. The maximum absolute atomic E-state index is 12.5. The van der Waals surface area contributed by atoms with Crippen LogP contribution in [-0.4, -0.2) is 30.1 Å². The number of hydrogen-bond acceptors (Lipinski definition) is 5. The third kappa shape index (κ3) is 4.40. The number of benzene rings is 1. The second-order valence-corrected chi connectivity index (χ2v) is 5.91. The van der Waals surface area contributed by atoms with Crippen molar-refractivity contribution in [2.24, 2.45) is 0 Å². The zero-order valence-corrected chi connectivity index (χ0v) is 14.1. The summed E-state index contributed by atoms with van der Waals surface area (Å²) in [5, 5.41) is 7.99. The SMILES string of the molecule is Cl.O=C(Nc1nc(-c2ccccc2OC(F)F)cs1)C1CCCN1. The second kappa shape index (κ2) is 8.36. The average Bonchev–Trinajstić information content (AvgIpc) is 3.18. The molecule has 0 aliphatic carbocycles. The van der Waals surface area contributed by atoms with E-state index in [1.807, 2.05) is 0 Å². The minimum atomic E-state index is -2.90. The molecule has 1 unspecified atom stereocenters. The van der Waals surface area contributed by atoms with E-state index in [1.165, 1.54) is 17.4 Å². The molecule has 1 fully saturated rings. The molecule has 3 rings (SSSR count). The number of para-hydroxylation sites is 1. The minimum Gasteiger partial charge on any atom is -0.434 e. The van der Waals surface area contributed by atoms with Crippen molar-refractivity contribution in [3.8, 4) is 17.0 Å². The van der Waals surface area contributed by atoms with E-state index in [0.29, 0.717) is 16.4 Å². The summed E-state index contributed by atoms with van der Waals surface area (Å²) >= 11 is 1.25. The summed E-state index contributed by atoms with van der Waals surface area (Å²) in [6, 6.07) is 6.24. The van der Waals surface area contributed by atoms with E-state index in [-0.39, 0.29) is 30.1 Å². The third-order valence-electron chi connectivity index (χ3n) is 3.49. The number of aromatic nitrogens is 1. The molecular weight excluding hydrogens is 360 g/mol. The molecule has 2 aromatic rings. The van der Waals surface area contributed by atoms with Crippen LogP contribution in [0.1, 0.15) is 12.8 Å². The Balaban J connectivity index is 0.00000208. The van der Waals surface area contributed by atoms with Crippen LogP contribution < -0.4 is 15.4 Å². The largest absolute Gasteiger partial charge is 0.434 e. The lowest BCUT2D eigenvalue weighted by Gasteiger charge is -2.09. The van der Waals surface area contributed by atoms with Gasteiger partial charge in [-0.05, 0) is 31.5 Å². The second-order valence-electron chi connectivity index (χ2n) is 5.05. The van der Waals surface area contributed by atoms with E-state index >= 15 is 0 Å². The number of anilines is 1. The summed E-state index contributed by atoms with van der Waals surface area (Å²) < 4.78 is 29.4. The fourth-order valence-electron chi connectivity index (χ4n) is 2.43. The van der Waals surface area contributed by atoms with Gasteiger partial charge in [-0.1, -0.05) is 12.1 Å². The number of carbonyl (C=O) groups is 1. The molecule has 1 saturated heterocycles. The predicted molar refractivity (Wildman–Crippen MR) is 91.1 cm³/mol. The van der Waals surface area contributed by atoms with E-state index in [4.69, 9.17) is 0 Å². The summed E-state index contributed by atoms with van der Waals surface area (Å²) in [5.41, 5.74) is 0.949. The van der Waals surface area contributed by atoms with Gasteiger partial charge in [0.15, 0.2) is 5.13 Å². The molecule has 1 aliphatic rings. The highest BCUT2D eigenvalue weighted by atomic mass is 35.5. The van der Waals surface area contributed by atoms with Gasteiger partial charge in [0, 0.05) is 10.9 Å². The number of halogens is 3.